The van der Waals surface area contributed by atoms with Gasteiger partial charge in [-0.2, -0.15) is 0 Å². The molecule has 1 aromatic rings. The van der Waals surface area contributed by atoms with Crippen LogP contribution in [0.1, 0.15) is 50.7 Å². The lowest BCUT2D eigenvalue weighted by Gasteiger charge is -2.28. The summed E-state index contributed by atoms with van der Waals surface area (Å²) in [4.78, 5) is 0. The molecule has 1 N–H and O–H groups in total. The van der Waals surface area contributed by atoms with Crippen molar-refractivity contribution in [1.82, 2.24) is 5.32 Å². The topological polar surface area (TPSA) is 21.3 Å². The summed E-state index contributed by atoms with van der Waals surface area (Å²) in [6.07, 6.45) is 5.48. The molecule has 0 amide bonds. The molecule has 19 heavy (non-hydrogen) atoms. The van der Waals surface area contributed by atoms with Gasteiger partial charge in [0.05, 0.1) is 6.10 Å². The van der Waals surface area contributed by atoms with Crippen LogP contribution in [0.5, 0.6) is 5.75 Å². The van der Waals surface area contributed by atoms with E-state index in [0.717, 1.165) is 24.8 Å². The van der Waals surface area contributed by atoms with Crippen molar-refractivity contribution >= 4 is 0 Å². The van der Waals surface area contributed by atoms with Crippen LogP contribution in [0.2, 0.25) is 0 Å². The molecule has 1 aliphatic carbocycles. The van der Waals surface area contributed by atoms with E-state index in [9.17, 15) is 0 Å². The summed E-state index contributed by atoms with van der Waals surface area (Å²) in [6, 6.07) is 6.53. The van der Waals surface area contributed by atoms with Gasteiger partial charge in [0.15, 0.2) is 0 Å². The van der Waals surface area contributed by atoms with Gasteiger partial charge in [-0.25, -0.2) is 0 Å². The van der Waals surface area contributed by atoms with E-state index in [-0.39, 0.29) is 0 Å². The summed E-state index contributed by atoms with van der Waals surface area (Å²) in [7, 11) is 0. The average molecular weight is 261 g/mol. The molecule has 0 radical (unpaired) electrons. The quantitative estimate of drug-likeness (QED) is 0.863. The van der Waals surface area contributed by atoms with Crippen molar-refractivity contribution in [2.24, 2.45) is 5.92 Å². The zero-order valence-corrected chi connectivity index (χ0v) is 12.5. The number of nitrogens with one attached hydrogen (secondary N) is 1. The molecule has 1 aliphatic rings. The summed E-state index contributed by atoms with van der Waals surface area (Å²) in [6.45, 7) is 8.51. The second-order valence-corrected chi connectivity index (χ2v) is 5.90. The van der Waals surface area contributed by atoms with Gasteiger partial charge in [-0.15, -0.1) is 0 Å². The first-order valence-electron chi connectivity index (χ1n) is 7.66. The summed E-state index contributed by atoms with van der Waals surface area (Å²) in [5, 5.41) is 3.40. The van der Waals surface area contributed by atoms with Gasteiger partial charge in [0.25, 0.3) is 0 Å². The molecular formula is C17H27NO. The maximum absolute atomic E-state index is 6.27. The smallest absolute Gasteiger partial charge is 0.124 e. The van der Waals surface area contributed by atoms with Crippen LogP contribution in [0.15, 0.2) is 18.2 Å². The number of hydrogen-bond acceptors (Lipinski definition) is 2. The lowest BCUT2D eigenvalue weighted by molar-refractivity contribution is 0.128. The minimum absolute atomic E-state index is 0.409. The summed E-state index contributed by atoms with van der Waals surface area (Å²) in [5.41, 5.74) is 2.59. The Kier molecular flexibility index (Phi) is 5.26. The highest BCUT2D eigenvalue weighted by Gasteiger charge is 2.21. The van der Waals surface area contributed by atoms with Crippen LogP contribution in [0.4, 0.5) is 0 Å². The molecule has 0 aromatic heterocycles. The lowest BCUT2D eigenvalue weighted by atomic mass is 9.88. The first kappa shape index (κ1) is 14.4. The van der Waals surface area contributed by atoms with E-state index in [2.05, 4.69) is 44.3 Å². The molecule has 0 aliphatic heterocycles. The lowest BCUT2D eigenvalue weighted by Crippen LogP contribution is -2.25. The molecule has 1 saturated carbocycles. The molecule has 0 spiro atoms. The molecular weight excluding hydrogens is 234 g/mol. The van der Waals surface area contributed by atoms with Crippen molar-refractivity contribution in [2.45, 2.75) is 59.1 Å². The van der Waals surface area contributed by atoms with Gasteiger partial charge < -0.3 is 10.1 Å². The molecule has 0 heterocycles. The monoisotopic (exact) mass is 261 g/mol. The standard InChI is InChI=1S/C17H27NO/c1-4-18-12-15-10-14(3)8-9-17(15)19-16-7-5-6-13(2)11-16/h8-10,13,16,18H,4-7,11-12H2,1-3H3. The van der Waals surface area contributed by atoms with Gasteiger partial charge in [-0.3, -0.25) is 0 Å². The van der Waals surface area contributed by atoms with Crippen molar-refractivity contribution in [2.75, 3.05) is 6.54 Å². The largest absolute Gasteiger partial charge is 0.490 e. The van der Waals surface area contributed by atoms with Gasteiger partial charge in [-0.1, -0.05) is 38.0 Å². The normalized spacial score (nSPS) is 23.3. The highest BCUT2D eigenvalue weighted by molar-refractivity contribution is 5.37. The zero-order valence-electron chi connectivity index (χ0n) is 12.5. The van der Waals surface area contributed by atoms with E-state index in [1.165, 1.54) is 36.8 Å². The first-order chi connectivity index (χ1) is 9.19. The second kappa shape index (κ2) is 6.95. The average Bonchev–Trinajstić information content (AvgIpc) is 2.39. The number of rotatable bonds is 5. The van der Waals surface area contributed by atoms with E-state index < -0.39 is 0 Å². The summed E-state index contributed by atoms with van der Waals surface area (Å²) >= 11 is 0. The molecule has 2 atom stereocenters. The first-order valence-corrected chi connectivity index (χ1v) is 7.66. The van der Waals surface area contributed by atoms with Gasteiger partial charge in [0.1, 0.15) is 5.75 Å². The number of ether oxygens (including phenoxy) is 1. The number of aryl methyl sites for hydroxylation is 1. The minimum atomic E-state index is 0.409. The predicted octanol–water partition coefficient (Wildman–Crippen LogP) is 4.06. The maximum Gasteiger partial charge on any atom is 0.124 e. The molecule has 2 nitrogen and oxygen atoms in total. The summed E-state index contributed by atoms with van der Waals surface area (Å²) in [5.74, 6) is 1.88. The third kappa shape index (κ3) is 4.24. The highest BCUT2D eigenvalue weighted by atomic mass is 16.5. The summed E-state index contributed by atoms with van der Waals surface area (Å²) < 4.78 is 6.27. The van der Waals surface area contributed by atoms with E-state index in [0.29, 0.717) is 6.10 Å². The third-order valence-electron chi connectivity index (χ3n) is 3.96. The van der Waals surface area contributed by atoms with Crippen molar-refractivity contribution in [3.63, 3.8) is 0 Å². The Bertz CT molecular complexity index is 402. The van der Waals surface area contributed by atoms with Crippen LogP contribution >= 0.6 is 0 Å². The third-order valence-corrected chi connectivity index (χ3v) is 3.96. The Hall–Kier alpha value is -1.02. The van der Waals surface area contributed by atoms with Crippen molar-refractivity contribution < 1.29 is 4.74 Å². The fraction of sp³-hybridized carbons (Fsp3) is 0.647. The Morgan fingerprint density at radius 3 is 2.89 bits per heavy atom. The molecule has 2 heteroatoms. The fourth-order valence-corrected chi connectivity index (χ4v) is 2.89. The Balaban J connectivity index is 2.05. The van der Waals surface area contributed by atoms with Crippen LogP contribution in [0.3, 0.4) is 0 Å². The molecule has 1 aromatic carbocycles. The van der Waals surface area contributed by atoms with Crippen molar-refractivity contribution in [3.8, 4) is 5.75 Å². The Morgan fingerprint density at radius 2 is 2.16 bits per heavy atom. The molecule has 2 rings (SSSR count). The van der Waals surface area contributed by atoms with Crippen LogP contribution in [0, 0.1) is 12.8 Å². The van der Waals surface area contributed by atoms with Crippen LogP contribution < -0.4 is 10.1 Å². The SMILES string of the molecule is CCNCc1cc(C)ccc1OC1CCCC(C)C1. The van der Waals surface area contributed by atoms with Crippen molar-refractivity contribution in [3.05, 3.63) is 29.3 Å². The molecule has 2 unspecified atom stereocenters. The predicted molar refractivity (Wildman–Crippen MR) is 80.6 cm³/mol. The van der Waals surface area contributed by atoms with Gasteiger partial charge in [-0.05, 0) is 44.7 Å². The van der Waals surface area contributed by atoms with E-state index >= 15 is 0 Å². The van der Waals surface area contributed by atoms with Crippen LogP contribution in [-0.2, 0) is 6.54 Å². The maximum atomic E-state index is 6.27. The molecule has 0 saturated heterocycles. The second-order valence-electron chi connectivity index (χ2n) is 5.90. The minimum Gasteiger partial charge on any atom is -0.490 e. The molecule has 1 fully saturated rings. The number of benzene rings is 1. The van der Waals surface area contributed by atoms with E-state index in [4.69, 9.17) is 4.74 Å². The fourth-order valence-electron chi connectivity index (χ4n) is 2.89. The van der Waals surface area contributed by atoms with Crippen LogP contribution in [-0.4, -0.2) is 12.6 Å². The van der Waals surface area contributed by atoms with Gasteiger partial charge in [0.2, 0.25) is 0 Å². The number of hydrogen-bond donors (Lipinski definition) is 1. The van der Waals surface area contributed by atoms with Crippen LogP contribution in [0.25, 0.3) is 0 Å². The van der Waals surface area contributed by atoms with Gasteiger partial charge >= 0.3 is 0 Å². The Morgan fingerprint density at radius 1 is 1.32 bits per heavy atom. The molecule has 0 bridgehead atoms. The highest BCUT2D eigenvalue weighted by Crippen LogP contribution is 2.29. The van der Waals surface area contributed by atoms with E-state index in [1.54, 1.807) is 0 Å². The Labute approximate surface area is 117 Å². The van der Waals surface area contributed by atoms with Crippen molar-refractivity contribution in [1.29, 1.82) is 0 Å². The molecule has 106 valence electrons. The van der Waals surface area contributed by atoms with Gasteiger partial charge in [0, 0.05) is 12.1 Å². The van der Waals surface area contributed by atoms with E-state index in [1.807, 2.05) is 0 Å². The zero-order chi connectivity index (χ0) is 13.7.